The Morgan fingerprint density at radius 1 is 0.562 bits per heavy atom. The van der Waals surface area contributed by atoms with E-state index in [1.54, 1.807) is 0 Å². The van der Waals surface area contributed by atoms with Crippen LogP contribution in [0.5, 0.6) is 0 Å². The number of rotatable bonds is 0. The molecule has 0 amide bonds. The van der Waals surface area contributed by atoms with Gasteiger partial charge in [0.05, 0.1) is 0 Å². The predicted molar refractivity (Wildman–Crippen MR) is 37.0 cm³/mol. The van der Waals surface area contributed by atoms with Crippen LogP contribution in [0.4, 0.5) is 0 Å². The van der Waals surface area contributed by atoms with Crippen molar-refractivity contribution in [3.63, 3.8) is 0 Å². The van der Waals surface area contributed by atoms with E-state index in [4.69, 9.17) is 52.6 Å². The molecule has 0 saturated carbocycles. The topological polar surface area (TPSA) is 232 Å². The van der Waals surface area contributed by atoms with Crippen molar-refractivity contribution in [2.45, 2.75) is 0 Å². The summed E-state index contributed by atoms with van der Waals surface area (Å²) in [6.07, 6.45) is 0. The average Bonchev–Trinajstić information content (AvgIpc) is 1.41. The van der Waals surface area contributed by atoms with Gasteiger partial charge in [0, 0.05) is 0 Å². The summed E-state index contributed by atoms with van der Waals surface area (Å²) in [5.74, 6) is 0. The van der Waals surface area contributed by atoms with Crippen molar-refractivity contribution < 1.29 is 88.2 Å². The maximum absolute atomic E-state index is 8.63. The van der Waals surface area contributed by atoms with Crippen LogP contribution in [0.1, 0.15) is 0 Å². The molecule has 0 aromatic rings. The Hall–Kier alpha value is 0.805. The van der Waals surface area contributed by atoms with Gasteiger partial charge in [-0.2, -0.15) is 0 Å². The molecule has 0 saturated heterocycles. The summed E-state index contributed by atoms with van der Waals surface area (Å²) < 4.78 is 98.5. The fraction of sp³-hybridized carbons (Fsp3) is 0. The molecular weight excluding hydrogens is 427 g/mol. The molecule has 12 nitrogen and oxygen atoms in total. The zero-order chi connectivity index (χ0) is 13.5. The van der Waals surface area contributed by atoms with E-state index >= 15 is 0 Å². The minimum absolute atomic E-state index is 0. The fourth-order valence-corrected chi connectivity index (χ4v) is 0. The Labute approximate surface area is 118 Å². The summed E-state index contributed by atoms with van der Waals surface area (Å²) in [5, 5.41) is 0. The van der Waals surface area contributed by atoms with Crippen molar-refractivity contribution in [3.05, 3.63) is 0 Å². The summed E-state index contributed by atoms with van der Waals surface area (Å²) in [7, 11) is -14.7. The standard InChI is InChI=1S/La.3H2O4S/c;3*1-5(2,3)4/h;3*(H2,1,2,3,4)/q+3;;;/p-3. The molecule has 0 bridgehead atoms. The first-order valence-corrected chi connectivity index (χ1v) is 6.14. The van der Waals surface area contributed by atoms with Crippen LogP contribution in [0.2, 0.25) is 0 Å². The summed E-state index contributed by atoms with van der Waals surface area (Å²) in [5.41, 5.74) is 0. The minimum atomic E-state index is -4.92. The van der Waals surface area contributed by atoms with Gasteiger partial charge >= 0.3 is 35.6 Å². The number of hydrogen-bond acceptors (Lipinski definition) is 9. The summed E-state index contributed by atoms with van der Waals surface area (Å²) in [6.45, 7) is 0. The van der Waals surface area contributed by atoms with Crippen LogP contribution in [-0.4, -0.2) is 52.6 Å². The SMILES string of the molecule is O=S(=O)([O-])O.O=S(=O)([O-])O.O=S(=O)([O-])O.[La+3]. The quantitative estimate of drug-likeness (QED) is 0.258. The average molecular weight is 430 g/mol. The van der Waals surface area contributed by atoms with Crippen LogP contribution in [0.15, 0.2) is 0 Å². The van der Waals surface area contributed by atoms with Crippen molar-refractivity contribution >= 4 is 31.2 Å². The Morgan fingerprint density at radius 2 is 0.562 bits per heavy atom. The second kappa shape index (κ2) is 9.80. The zero-order valence-corrected chi connectivity index (χ0v) is 12.9. The van der Waals surface area contributed by atoms with Crippen molar-refractivity contribution in [1.82, 2.24) is 0 Å². The predicted octanol–water partition coefficient (Wildman–Crippen LogP) is -2.99. The van der Waals surface area contributed by atoms with Crippen molar-refractivity contribution in [2.75, 3.05) is 0 Å². The first kappa shape index (κ1) is 25.6. The van der Waals surface area contributed by atoms with Gasteiger partial charge in [-0.3, -0.25) is 13.7 Å². The van der Waals surface area contributed by atoms with Crippen LogP contribution in [0.3, 0.4) is 0 Å². The van der Waals surface area contributed by atoms with Gasteiger partial charge in [0.15, 0.2) is 0 Å². The van der Waals surface area contributed by atoms with Gasteiger partial charge in [-0.25, -0.2) is 25.3 Å². The van der Waals surface area contributed by atoms with Gasteiger partial charge < -0.3 is 13.7 Å². The molecule has 0 unspecified atom stereocenters. The van der Waals surface area contributed by atoms with E-state index in [0.717, 1.165) is 0 Å². The molecule has 96 valence electrons. The Kier molecular flexibility index (Phi) is 15.7. The second-order valence-corrected chi connectivity index (χ2v) is 3.85. The molecule has 0 aliphatic rings. The monoisotopic (exact) mass is 430 g/mol. The van der Waals surface area contributed by atoms with E-state index < -0.39 is 31.2 Å². The molecule has 0 fully saturated rings. The van der Waals surface area contributed by atoms with Crippen LogP contribution in [0, 0.1) is 35.6 Å². The van der Waals surface area contributed by atoms with E-state index in [-0.39, 0.29) is 35.6 Å². The summed E-state index contributed by atoms with van der Waals surface area (Å²) in [4.78, 5) is 0. The smallest absolute Gasteiger partial charge is 0.726 e. The molecular formula is H3LaO12S3. The fourth-order valence-electron chi connectivity index (χ4n) is 0. The van der Waals surface area contributed by atoms with Gasteiger partial charge in [0.2, 0.25) is 31.2 Å². The first-order chi connectivity index (χ1) is 6.00. The van der Waals surface area contributed by atoms with E-state index in [1.807, 2.05) is 0 Å². The third-order valence-corrected chi connectivity index (χ3v) is 0. The molecule has 0 atom stereocenters. The van der Waals surface area contributed by atoms with Crippen LogP contribution in [0.25, 0.3) is 0 Å². The van der Waals surface area contributed by atoms with Crippen molar-refractivity contribution in [1.29, 1.82) is 0 Å². The van der Waals surface area contributed by atoms with Gasteiger partial charge in [-0.05, 0) is 0 Å². The van der Waals surface area contributed by atoms with Gasteiger partial charge in [-0.1, -0.05) is 0 Å². The van der Waals surface area contributed by atoms with E-state index in [9.17, 15) is 0 Å². The molecule has 0 rings (SSSR count). The second-order valence-electron chi connectivity index (χ2n) is 1.28. The van der Waals surface area contributed by atoms with Crippen LogP contribution < -0.4 is 0 Å². The normalized spacial score (nSPS) is 10.9. The van der Waals surface area contributed by atoms with Gasteiger partial charge in [0.1, 0.15) is 0 Å². The van der Waals surface area contributed by atoms with E-state index in [2.05, 4.69) is 0 Å². The molecule has 0 aromatic heterocycles. The van der Waals surface area contributed by atoms with Crippen LogP contribution in [-0.2, 0) is 31.2 Å². The van der Waals surface area contributed by atoms with Gasteiger partial charge in [0.25, 0.3) is 0 Å². The minimum Gasteiger partial charge on any atom is -0.726 e. The van der Waals surface area contributed by atoms with Gasteiger partial charge in [-0.15, -0.1) is 0 Å². The molecule has 0 spiro atoms. The zero-order valence-electron chi connectivity index (χ0n) is 6.82. The molecule has 0 aromatic carbocycles. The van der Waals surface area contributed by atoms with Crippen molar-refractivity contribution in [2.24, 2.45) is 0 Å². The van der Waals surface area contributed by atoms with E-state index in [1.165, 1.54) is 0 Å². The molecule has 16 heavy (non-hydrogen) atoms. The molecule has 0 aliphatic carbocycles. The molecule has 0 aliphatic heterocycles. The first-order valence-electron chi connectivity index (χ1n) is 2.05. The summed E-state index contributed by atoms with van der Waals surface area (Å²) in [6, 6.07) is 0. The molecule has 0 radical (unpaired) electrons. The van der Waals surface area contributed by atoms with Crippen molar-refractivity contribution in [3.8, 4) is 0 Å². The third-order valence-electron chi connectivity index (χ3n) is 0. The Morgan fingerprint density at radius 3 is 0.562 bits per heavy atom. The Bertz CT molecular complexity index is 337. The third kappa shape index (κ3) is 4360. The largest absolute Gasteiger partial charge is 3.00 e. The number of hydrogen-bond donors (Lipinski definition) is 3. The maximum atomic E-state index is 8.63. The summed E-state index contributed by atoms with van der Waals surface area (Å²) >= 11 is 0. The molecule has 0 heterocycles. The Balaban J connectivity index is -0.0000000655. The van der Waals surface area contributed by atoms with E-state index in [0.29, 0.717) is 0 Å². The van der Waals surface area contributed by atoms with Crippen LogP contribution >= 0.6 is 0 Å². The maximum Gasteiger partial charge on any atom is 3.00 e. The molecule has 16 heteroatoms. The molecule has 3 N–H and O–H groups in total.